The number of halogens is 1. The van der Waals surface area contributed by atoms with E-state index in [9.17, 15) is 4.39 Å². The molecule has 1 N–H and O–H groups in total. The number of benzene rings is 2. The number of thiazole rings is 1. The van der Waals surface area contributed by atoms with Gasteiger partial charge < -0.3 is 9.47 Å². The highest BCUT2D eigenvalue weighted by molar-refractivity contribution is 7.14. The number of aromatic nitrogens is 1. The van der Waals surface area contributed by atoms with E-state index in [1.54, 1.807) is 18.3 Å². The van der Waals surface area contributed by atoms with Gasteiger partial charge in [0.1, 0.15) is 5.82 Å². The van der Waals surface area contributed by atoms with Crippen LogP contribution in [0.1, 0.15) is 32.3 Å². The largest absolute Gasteiger partial charge is 0.490 e. The van der Waals surface area contributed by atoms with Crippen LogP contribution in [0.5, 0.6) is 11.5 Å². The molecule has 0 fully saturated rings. The van der Waals surface area contributed by atoms with Crippen LogP contribution in [0.15, 0.2) is 52.9 Å². The van der Waals surface area contributed by atoms with Crippen LogP contribution in [0.4, 0.5) is 9.52 Å². The highest BCUT2D eigenvalue weighted by Gasteiger charge is 2.07. The van der Waals surface area contributed by atoms with Crippen molar-refractivity contribution >= 4 is 22.7 Å². The molecule has 0 aliphatic carbocycles. The van der Waals surface area contributed by atoms with E-state index in [2.05, 4.69) is 22.4 Å². The molecule has 0 aliphatic rings. The predicted octanol–water partition coefficient (Wildman–Crippen LogP) is 5.97. The van der Waals surface area contributed by atoms with E-state index in [1.807, 2.05) is 30.5 Å². The zero-order valence-corrected chi connectivity index (χ0v) is 17.3. The molecule has 1 aromatic heterocycles. The number of nitrogens with one attached hydrogen (secondary N) is 1. The van der Waals surface area contributed by atoms with Crippen molar-refractivity contribution in [3.8, 4) is 22.8 Å². The van der Waals surface area contributed by atoms with Gasteiger partial charge in [-0.05, 0) is 61.4 Å². The molecule has 0 saturated heterocycles. The number of rotatable bonds is 10. The van der Waals surface area contributed by atoms with Crippen LogP contribution in [-0.2, 0) is 0 Å². The second kappa shape index (κ2) is 10.6. The molecule has 0 aliphatic heterocycles. The van der Waals surface area contributed by atoms with Crippen molar-refractivity contribution < 1.29 is 13.9 Å². The Morgan fingerprint density at radius 3 is 2.69 bits per heavy atom. The maximum absolute atomic E-state index is 13.0. The van der Waals surface area contributed by atoms with Crippen LogP contribution in [-0.4, -0.2) is 24.4 Å². The summed E-state index contributed by atoms with van der Waals surface area (Å²) >= 11 is 1.43. The summed E-state index contributed by atoms with van der Waals surface area (Å²) in [6.07, 6.45) is 3.80. The van der Waals surface area contributed by atoms with Gasteiger partial charge in [0.15, 0.2) is 11.5 Å². The second-order valence-electron chi connectivity index (χ2n) is 6.26. The van der Waals surface area contributed by atoms with Gasteiger partial charge in [-0.2, -0.15) is 5.10 Å². The van der Waals surface area contributed by atoms with Crippen LogP contribution in [0.25, 0.3) is 11.3 Å². The fourth-order valence-corrected chi connectivity index (χ4v) is 3.23. The molecule has 5 nitrogen and oxygen atoms in total. The highest BCUT2D eigenvalue weighted by atomic mass is 32.1. The van der Waals surface area contributed by atoms with Crippen molar-refractivity contribution in [1.29, 1.82) is 0 Å². The van der Waals surface area contributed by atoms with E-state index >= 15 is 0 Å². The van der Waals surface area contributed by atoms with E-state index in [-0.39, 0.29) is 5.82 Å². The highest BCUT2D eigenvalue weighted by Crippen LogP contribution is 2.28. The van der Waals surface area contributed by atoms with Gasteiger partial charge in [0.25, 0.3) is 0 Å². The molecule has 1 heterocycles. The van der Waals surface area contributed by atoms with Crippen LogP contribution >= 0.6 is 11.3 Å². The summed E-state index contributed by atoms with van der Waals surface area (Å²) < 4.78 is 24.5. The van der Waals surface area contributed by atoms with E-state index in [0.29, 0.717) is 24.1 Å². The molecule has 0 amide bonds. The first-order chi connectivity index (χ1) is 14.2. The number of hydrogen-bond donors (Lipinski definition) is 1. The molecule has 152 valence electrons. The normalized spacial score (nSPS) is 11.0. The van der Waals surface area contributed by atoms with Crippen LogP contribution < -0.4 is 14.9 Å². The molecule has 29 heavy (non-hydrogen) atoms. The standard InChI is InChI=1S/C22H24FN3O2S/c1-3-5-12-28-20-11-6-16(13-21(20)27-4-2)14-24-26-22-25-19(15-29-22)17-7-9-18(23)10-8-17/h6-11,13-15H,3-5,12H2,1-2H3,(H,25,26)/b24-14-. The summed E-state index contributed by atoms with van der Waals surface area (Å²) in [5, 5.41) is 6.82. The summed E-state index contributed by atoms with van der Waals surface area (Å²) in [6, 6.07) is 12.0. The molecule has 0 spiro atoms. The van der Waals surface area contributed by atoms with Gasteiger partial charge in [-0.1, -0.05) is 13.3 Å². The molecule has 0 unspecified atom stereocenters. The second-order valence-corrected chi connectivity index (χ2v) is 7.11. The van der Waals surface area contributed by atoms with Crippen molar-refractivity contribution in [3.05, 3.63) is 59.2 Å². The average molecular weight is 414 g/mol. The molecular formula is C22H24FN3O2S. The number of anilines is 1. The first-order valence-electron chi connectivity index (χ1n) is 9.59. The maximum atomic E-state index is 13.0. The van der Waals surface area contributed by atoms with Crippen LogP contribution in [0.3, 0.4) is 0 Å². The third-order valence-corrected chi connectivity index (χ3v) is 4.79. The Kier molecular flexibility index (Phi) is 7.58. The van der Waals surface area contributed by atoms with Gasteiger partial charge in [0.05, 0.1) is 25.1 Å². The Labute approximate surface area is 174 Å². The first kappa shape index (κ1) is 20.8. The van der Waals surface area contributed by atoms with E-state index in [4.69, 9.17) is 9.47 Å². The summed E-state index contributed by atoms with van der Waals surface area (Å²) in [5.74, 6) is 1.19. The molecule has 0 bridgehead atoms. The Bertz CT molecular complexity index is 941. The molecule has 7 heteroatoms. The zero-order valence-electron chi connectivity index (χ0n) is 16.5. The van der Waals surface area contributed by atoms with Gasteiger partial charge in [-0.3, -0.25) is 5.43 Å². The molecular weight excluding hydrogens is 389 g/mol. The maximum Gasteiger partial charge on any atom is 0.203 e. The Hall–Kier alpha value is -2.93. The molecule has 0 saturated carbocycles. The number of hydrazone groups is 1. The molecule has 3 rings (SSSR count). The number of nitrogens with zero attached hydrogens (tertiary/aromatic N) is 2. The summed E-state index contributed by atoms with van der Waals surface area (Å²) in [4.78, 5) is 4.47. The summed E-state index contributed by atoms with van der Waals surface area (Å²) in [7, 11) is 0. The molecule has 0 atom stereocenters. The topological polar surface area (TPSA) is 55.7 Å². The lowest BCUT2D eigenvalue weighted by molar-refractivity contribution is 0.272. The monoisotopic (exact) mass is 413 g/mol. The lowest BCUT2D eigenvalue weighted by atomic mass is 10.2. The first-order valence-corrected chi connectivity index (χ1v) is 10.5. The van der Waals surface area contributed by atoms with Gasteiger partial charge in [0.2, 0.25) is 5.13 Å². The van der Waals surface area contributed by atoms with Crippen molar-refractivity contribution in [3.63, 3.8) is 0 Å². The Morgan fingerprint density at radius 1 is 1.10 bits per heavy atom. The molecule has 2 aromatic carbocycles. The fourth-order valence-electron chi connectivity index (χ4n) is 2.56. The van der Waals surface area contributed by atoms with E-state index < -0.39 is 0 Å². The average Bonchev–Trinajstić information content (AvgIpc) is 3.19. The van der Waals surface area contributed by atoms with Gasteiger partial charge in [-0.25, -0.2) is 9.37 Å². The summed E-state index contributed by atoms with van der Waals surface area (Å²) in [6.45, 7) is 5.31. The van der Waals surface area contributed by atoms with Gasteiger partial charge >= 0.3 is 0 Å². The third-order valence-electron chi connectivity index (χ3n) is 4.04. The van der Waals surface area contributed by atoms with Crippen molar-refractivity contribution in [2.45, 2.75) is 26.7 Å². The predicted molar refractivity (Wildman–Crippen MR) is 117 cm³/mol. The lowest BCUT2D eigenvalue weighted by Gasteiger charge is -2.12. The smallest absolute Gasteiger partial charge is 0.203 e. The number of hydrogen-bond acceptors (Lipinski definition) is 6. The van der Waals surface area contributed by atoms with Crippen molar-refractivity contribution in [1.82, 2.24) is 4.98 Å². The quantitative estimate of drug-likeness (QED) is 0.253. The Morgan fingerprint density at radius 2 is 1.93 bits per heavy atom. The zero-order chi connectivity index (χ0) is 20.5. The number of ether oxygens (including phenoxy) is 2. The number of unbranched alkanes of at least 4 members (excludes halogenated alkanes) is 1. The van der Waals surface area contributed by atoms with E-state index in [0.717, 1.165) is 35.4 Å². The molecule has 0 radical (unpaired) electrons. The minimum Gasteiger partial charge on any atom is -0.490 e. The van der Waals surface area contributed by atoms with Crippen molar-refractivity contribution in [2.75, 3.05) is 18.6 Å². The van der Waals surface area contributed by atoms with Crippen LogP contribution in [0, 0.1) is 5.82 Å². The third kappa shape index (κ3) is 6.02. The summed E-state index contributed by atoms with van der Waals surface area (Å²) in [5.41, 5.74) is 5.46. The minimum absolute atomic E-state index is 0.264. The van der Waals surface area contributed by atoms with Gasteiger partial charge in [0, 0.05) is 10.9 Å². The minimum atomic E-state index is -0.264. The van der Waals surface area contributed by atoms with E-state index in [1.165, 1.54) is 23.5 Å². The van der Waals surface area contributed by atoms with Crippen LogP contribution in [0.2, 0.25) is 0 Å². The fraction of sp³-hybridized carbons (Fsp3) is 0.273. The lowest BCUT2D eigenvalue weighted by Crippen LogP contribution is -2.01. The van der Waals surface area contributed by atoms with Crippen molar-refractivity contribution in [2.24, 2.45) is 5.10 Å². The Balaban J connectivity index is 1.63. The molecule has 3 aromatic rings. The SMILES string of the molecule is CCCCOc1ccc(/C=N\Nc2nc(-c3ccc(F)cc3)cs2)cc1OCC. The van der Waals surface area contributed by atoms with Gasteiger partial charge in [-0.15, -0.1) is 11.3 Å².